The van der Waals surface area contributed by atoms with Gasteiger partial charge in [0.15, 0.2) is 10.8 Å². The van der Waals surface area contributed by atoms with Gasteiger partial charge in [0.2, 0.25) is 0 Å². The maximum atomic E-state index is 9.10. The summed E-state index contributed by atoms with van der Waals surface area (Å²) >= 11 is 7.89. The van der Waals surface area contributed by atoms with E-state index in [1.807, 2.05) is 36.5 Å². The molecular formula is C23H20ClN3O4S. The molecule has 0 fully saturated rings. The van der Waals surface area contributed by atoms with E-state index >= 15 is 0 Å². The topological polar surface area (TPSA) is 105 Å². The highest BCUT2D eigenvalue weighted by Crippen LogP contribution is 2.27. The van der Waals surface area contributed by atoms with Crippen molar-refractivity contribution in [2.45, 2.75) is 24.4 Å². The maximum absolute atomic E-state index is 9.10. The number of hydrogen-bond acceptors (Lipinski definition) is 5. The number of aryl methyl sites for hydroxylation is 1. The fourth-order valence-corrected chi connectivity index (χ4v) is 4.01. The fourth-order valence-electron chi connectivity index (χ4n) is 2.84. The van der Waals surface area contributed by atoms with Crippen molar-refractivity contribution in [2.24, 2.45) is 0 Å². The number of aliphatic carboxylic acids is 2. The molecule has 0 saturated heterocycles. The summed E-state index contributed by atoms with van der Waals surface area (Å²) in [6.07, 6.45) is 1.81. The Bertz CT molecular complexity index is 1230. The van der Waals surface area contributed by atoms with Gasteiger partial charge in [-0.25, -0.2) is 19.6 Å². The number of carboxylic acid groups (broad SMARTS) is 2. The number of rotatable bonds is 5. The molecule has 0 atom stereocenters. The van der Waals surface area contributed by atoms with Crippen LogP contribution in [0.1, 0.15) is 16.7 Å². The van der Waals surface area contributed by atoms with Crippen LogP contribution in [0, 0.1) is 6.92 Å². The summed E-state index contributed by atoms with van der Waals surface area (Å²) in [4.78, 5) is 27.5. The number of pyridine rings is 1. The average Bonchev–Trinajstić information content (AvgIpc) is 3.11. The van der Waals surface area contributed by atoms with E-state index in [0.717, 1.165) is 32.7 Å². The van der Waals surface area contributed by atoms with E-state index in [1.54, 1.807) is 11.8 Å². The zero-order chi connectivity index (χ0) is 23.1. The second-order valence-corrected chi connectivity index (χ2v) is 8.22. The van der Waals surface area contributed by atoms with Gasteiger partial charge >= 0.3 is 11.9 Å². The molecule has 7 nitrogen and oxygen atoms in total. The lowest BCUT2D eigenvalue weighted by Gasteiger charge is -2.09. The predicted molar refractivity (Wildman–Crippen MR) is 124 cm³/mol. The lowest BCUT2D eigenvalue weighted by atomic mass is 10.2. The number of hydrogen-bond donors (Lipinski definition) is 2. The van der Waals surface area contributed by atoms with E-state index in [0.29, 0.717) is 6.54 Å². The minimum Gasteiger partial charge on any atom is -0.473 e. The first-order valence-electron chi connectivity index (χ1n) is 9.53. The molecule has 0 amide bonds. The van der Waals surface area contributed by atoms with E-state index < -0.39 is 11.9 Å². The number of aromatic nitrogens is 3. The molecule has 2 aromatic carbocycles. The van der Waals surface area contributed by atoms with Crippen molar-refractivity contribution in [1.82, 2.24) is 14.5 Å². The molecule has 2 aromatic heterocycles. The number of thioether (sulfide) groups is 1. The van der Waals surface area contributed by atoms with Crippen LogP contribution in [0.3, 0.4) is 0 Å². The summed E-state index contributed by atoms with van der Waals surface area (Å²) in [5.74, 6) is -2.77. The number of carboxylic acids is 2. The number of fused-ring (bicyclic) bond motifs is 1. The first-order valence-corrected chi connectivity index (χ1v) is 10.9. The molecule has 0 aliphatic carbocycles. The Morgan fingerprint density at radius 3 is 2.38 bits per heavy atom. The Hall–Kier alpha value is -3.36. The molecule has 32 heavy (non-hydrogen) atoms. The van der Waals surface area contributed by atoms with Crippen LogP contribution in [0.2, 0.25) is 5.02 Å². The third kappa shape index (κ3) is 6.32. The Labute approximate surface area is 193 Å². The van der Waals surface area contributed by atoms with Crippen LogP contribution in [0.25, 0.3) is 11.2 Å². The van der Waals surface area contributed by atoms with E-state index in [1.165, 1.54) is 11.1 Å². The predicted octanol–water partition coefficient (Wildman–Crippen LogP) is 4.89. The van der Waals surface area contributed by atoms with Gasteiger partial charge in [0.05, 0.1) is 6.54 Å². The fraction of sp³-hybridized carbons (Fsp3) is 0.130. The second kappa shape index (κ2) is 10.8. The van der Waals surface area contributed by atoms with Crippen molar-refractivity contribution in [2.75, 3.05) is 0 Å². The summed E-state index contributed by atoms with van der Waals surface area (Å²) in [6.45, 7) is 2.80. The normalized spacial score (nSPS) is 10.4. The zero-order valence-corrected chi connectivity index (χ0v) is 18.7. The van der Waals surface area contributed by atoms with Crippen molar-refractivity contribution < 1.29 is 19.8 Å². The molecule has 0 unspecified atom stereocenters. The molecule has 4 rings (SSSR count). The van der Waals surface area contributed by atoms with Gasteiger partial charge in [-0.15, -0.1) is 0 Å². The van der Waals surface area contributed by atoms with Gasteiger partial charge < -0.3 is 10.2 Å². The summed E-state index contributed by atoms with van der Waals surface area (Å²) in [6, 6.07) is 20.5. The van der Waals surface area contributed by atoms with Crippen molar-refractivity contribution in [3.63, 3.8) is 0 Å². The van der Waals surface area contributed by atoms with Crippen LogP contribution in [0.15, 0.2) is 72.0 Å². The number of carbonyl (C=O) groups is 2. The van der Waals surface area contributed by atoms with E-state index in [4.69, 9.17) is 36.4 Å². The summed E-state index contributed by atoms with van der Waals surface area (Å²) in [5.41, 5.74) is 5.52. The Kier molecular flexibility index (Phi) is 7.86. The molecule has 0 saturated carbocycles. The summed E-state index contributed by atoms with van der Waals surface area (Å²) in [5, 5.41) is 16.5. The second-order valence-electron chi connectivity index (χ2n) is 6.84. The lowest BCUT2D eigenvalue weighted by molar-refractivity contribution is -0.159. The first kappa shape index (κ1) is 23.3. The number of nitrogens with zero attached hydrogens (tertiary/aromatic N) is 3. The monoisotopic (exact) mass is 469 g/mol. The molecule has 9 heteroatoms. The van der Waals surface area contributed by atoms with Crippen molar-refractivity contribution >= 4 is 46.5 Å². The molecule has 2 heterocycles. The Morgan fingerprint density at radius 1 is 1.00 bits per heavy atom. The molecule has 0 aliphatic rings. The molecule has 164 valence electrons. The average molecular weight is 470 g/mol. The van der Waals surface area contributed by atoms with Crippen LogP contribution >= 0.6 is 23.4 Å². The molecule has 0 spiro atoms. The van der Waals surface area contributed by atoms with Gasteiger partial charge in [0.25, 0.3) is 0 Å². The van der Waals surface area contributed by atoms with Crippen LogP contribution < -0.4 is 0 Å². The maximum Gasteiger partial charge on any atom is 0.414 e. The van der Waals surface area contributed by atoms with Crippen LogP contribution in [0.4, 0.5) is 0 Å². The molecule has 0 aliphatic heterocycles. The van der Waals surface area contributed by atoms with Crippen LogP contribution in [0.5, 0.6) is 0 Å². The van der Waals surface area contributed by atoms with Crippen LogP contribution in [-0.4, -0.2) is 36.7 Å². The van der Waals surface area contributed by atoms with Crippen molar-refractivity contribution in [1.29, 1.82) is 0 Å². The summed E-state index contributed by atoms with van der Waals surface area (Å²) in [7, 11) is 0. The molecule has 0 radical (unpaired) electrons. The first-order chi connectivity index (χ1) is 15.3. The minimum atomic E-state index is -1.82. The van der Waals surface area contributed by atoms with Crippen molar-refractivity contribution in [3.8, 4) is 0 Å². The van der Waals surface area contributed by atoms with E-state index in [-0.39, 0.29) is 0 Å². The SMILES string of the molecule is Cc1ccc(CSc2nc3cccnc3n2Cc2cccc(Cl)c2)cc1.O=C(O)C(=O)O. The van der Waals surface area contributed by atoms with Crippen LogP contribution in [-0.2, 0) is 21.9 Å². The van der Waals surface area contributed by atoms with Gasteiger partial charge in [-0.05, 0) is 42.3 Å². The highest BCUT2D eigenvalue weighted by molar-refractivity contribution is 7.98. The van der Waals surface area contributed by atoms with Gasteiger partial charge in [-0.1, -0.05) is 65.3 Å². The van der Waals surface area contributed by atoms with Crippen molar-refractivity contribution in [3.05, 3.63) is 88.6 Å². The third-order valence-electron chi connectivity index (χ3n) is 4.37. The van der Waals surface area contributed by atoms with Gasteiger partial charge in [-0.3, -0.25) is 4.57 Å². The standard InChI is InChI=1S/C21H18ClN3S.C2H2O4/c1-15-7-9-16(10-8-15)14-26-21-24-19-6-3-11-23-20(19)25(21)13-17-4-2-5-18(22)12-17;3-1(4)2(5)6/h2-12H,13-14H2,1H3;(H,3,4)(H,5,6). The highest BCUT2D eigenvalue weighted by atomic mass is 35.5. The van der Waals surface area contributed by atoms with Gasteiger partial charge in [0.1, 0.15) is 5.52 Å². The molecule has 0 bridgehead atoms. The largest absolute Gasteiger partial charge is 0.473 e. The number of halogens is 1. The Morgan fingerprint density at radius 2 is 1.72 bits per heavy atom. The van der Waals surface area contributed by atoms with Gasteiger partial charge in [0, 0.05) is 17.0 Å². The molecular weight excluding hydrogens is 450 g/mol. The molecule has 4 aromatic rings. The van der Waals surface area contributed by atoms with E-state index in [9.17, 15) is 0 Å². The quantitative estimate of drug-likeness (QED) is 0.316. The van der Waals surface area contributed by atoms with E-state index in [2.05, 4.69) is 46.8 Å². The third-order valence-corrected chi connectivity index (χ3v) is 5.65. The number of benzene rings is 2. The minimum absolute atomic E-state index is 0.699. The Balaban J connectivity index is 0.000000427. The number of imidazole rings is 1. The van der Waals surface area contributed by atoms with Gasteiger partial charge in [-0.2, -0.15) is 0 Å². The zero-order valence-electron chi connectivity index (χ0n) is 17.1. The lowest BCUT2D eigenvalue weighted by Crippen LogP contribution is -2.09. The smallest absolute Gasteiger partial charge is 0.414 e. The molecule has 2 N–H and O–H groups in total. The highest BCUT2D eigenvalue weighted by Gasteiger charge is 2.13. The summed E-state index contributed by atoms with van der Waals surface area (Å²) < 4.78 is 2.17.